The molecule has 1 amide bonds. The van der Waals surface area contributed by atoms with Crippen LogP contribution in [0.25, 0.3) is 16.6 Å². The molecule has 4 aromatic rings. The Kier molecular flexibility index (Phi) is 6.87. The van der Waals surface area contributed by atoms with Crippen molar-refractivity contribution in [3.8, 4) is 17.2 Å². The van der Waals surface area contributed by atoms with Gasteiger partial charge in [-0.1, -0.05) is 12.1 Å². The van der Waals surface area contributed by atoms with E-state index in [1.54, 1.807) is 60.3 Å². The first-order chi connectivity index (χ1) is 17.1. The van der Waals surface area contributed by atoms with Gasteiger partial charge >= 0.3 is 12.1 Å². The summed E-state index contributed by atoms with van der Waals surface area (Å²) in [5.41, 5.74) is 2.61. The van der Waals surface area contributed by atoms with Crippen molar-refractivity contribution in [2.45, 2.75) is 32.2 Å². The van der Waals surface area contributed by atoms with E-state index in [1.807, 2.05) is 11.4 Å². The van der Waals surface area contributed by atoms with Crippen LogP contribution in [0.15, 0.2) is 66.9 Å². The molecule has 0 bridgehead atoms. The summed E-state index contributed by atoms with van der Waals surface area (Å²) in [6.45, 7) is 3.23. The normalized spacial score (nSPS) is 13.3. The Morgan fingerprint density at radius 3 is 2.47 bits per heavy atom. The minimum atomic E-state index is -5.03. The number of halogens is 4. The molecule has 0 aliphatic heterocycles. The summed E-state index contributed by atoms with van der Waals surface area (Å²) in [5.74, 6) is -1.53. The Bertz CT molecular complexity index is 1380. The molecule has 6 nitrogen and oxygen atoms in total. The van der Waals surface area contributed by atoms with Crippen LogP contribution in [0.1, 0.15) is 24.2 Å². The molecule has 188 valence electrons. The van der Waals surface area contributed by atoms with Crippen LogP contribution in [0, 0.1) is 12.7 Å². The molecule has 0 spiro atoms. The number of ether oxygens (including phenoxy) is 2. The molecule has 2 atom stereocenters. The lowest BCUT2D eigenvalue weighted by Gasteiger charge is -2.28. The molecule has 4 rings (SSSR count). The minimum Gasteiger partial charge on any atom is -0.497 e. The van der Waals surface area contributed by atoms with Crippen LogP contribution in [-0.4, -0.2) is 35.0 Å². The fraction of sp³-hybridized carbons (Fsp3) is 0.231. The number of alkyl halides is 3. The summed E-state index contributed by atoms with van der Waals surface area (Å²) in [6.07, 6.45) is -4.38. The number of carbonyl (C=O) groups is 1. The van der Waals surface area contributed by atoms with E-state index in [9.17, 15) is 22.4 Å². The van der Waals surface area contributed by atoms with Crippen LogP contribution >= 0.6 is 0 Å². The van der Waals surface area contributed by atoms with Crippen molar-refractivity contribution in [1.29, 1.82) is 0 Å². The maximum atomic E-state index is 13.3. The predicted octanol–water partition coefficient (Wildman–Crippen LogP) is 5.67. The van der Waals surface area contributed by atoms with Gasteiger partial charge in [0.2, 0.25) is 0 Å². The molecule has 36 heavy (non-hydrogen) atoms. The molecule has 3 aromatic carbocycles. The first-order valence-corrected chi connectivity index (χ1v) is 11.0. The Morgan fingerprint density at radius 1 is 1.08 bits per heavy atom. The quantitative estimate of drug-likeness (QED) is 0.332. The molecule has 0 unspecified atom stereocenters. The number of benzene rings is 3. The summed E-state index contributed by atoms with van der Waals surface area (Å²) in [7, 11) is 1.47. The number of hydrogen-bond donors (Lipinski definition) is 1. The molecule has 1 aromatic heterocycles. The number of nitrogens with one attached hydrogen (secondary N) is 1. The molecule has 1 N–H and O–H groups in total. The molecule has 0 aliphatic rings. The van der Waals surface area contributed by atoms with Gasteiger partial charge in [0.05, 0.1) is 30.6 Å². The second kappa shape index (κ2) is 9.88. The Labute approximate surface area is 204 Å². The van der Waals surface area contributed by atoms with E-state index in [0.717, 1.165) is 5.52 Å². The SMILES string of the molecule is COc1cccc([C@@H](Oc2cc3cnn(-c4ccc(F)cc4)c3cc2C)[C@H](C)NC(=O)C(F)(F)F)c1. The van der Waals surface area contributed by atoms with Crippen molar-refractivity contribution in [2.75, 3.05) is 7.11 Å². The van der Waals surface area contributed by atoms with Crippen molar-refractivity contribution in [1.82, 2.24) is 15.1 Å². The van der Waals surface area contributed by atoms with Gasteiger partial charge in [0, 0.05) is 5.39 Å². The van der Waals surface area contributed by atoms with Crippen molar-refractivity contribution in [3.05, 3.63) is 83.8 Å². The van der Waals surface area contributed by atoms with Gasteiger partial charge in [0.1, 0.15) is 23.4 Å². The molecular formula is C26H23F4N3O3. The van der Waals surface area contributed by atoms with Crippen molar-refractivity contribution in [2.24, 2.45) is 0 Å². The molecule has 10 heteroatoms. The van der Waals surface area contributed by atoms with Crippen LogP contribution in [0.3, 0.4) is 0 Å². The van der Waals surface area contributed by atoms with E-state index in [1.165, 1.54) is 26.2 Å². The zero-order valence-electron chi connectivity index (χ0n) is 19.6. The zero-order chi connectivity index (χ0) is 26.0. The molecule has 0 saturated heterocycles. The van der Waals surface area contributed by atoms with E-state index >= 15 is 0 Å². The van der Waals surface area contributed by atoms with Crippen LogP contribution in [-0.2, 0) is 4.79 Å². The lowest BCUT2D eigenvalue weighted by molar-refractivity contribution is -0.174. The number of carbonyl (C=O) groups excluding carboxylic acids is 1. The molecule has 0 saturated carbocycles. The van der Waals surface area contributed by atoms with E-state index < -0.39 is 24.2 Å². The highest BCUT2D eigenvalue weighted by Gasteiger charge is 2.40. The highest BCUT2D eigenvalue weighted by molar-refractivity contribution is 5.83. The fourth-order valence-electron chi connectivity index (χ4n) is 3.85. The summed E-state index contributed by atoms with van der Waals surface area (Å²) in [5, 5.41) is 7.07. The maximum absolute atomic E-state index is 13.3. The molecule has 0 aliphatic carbocycles. The number of amides is 1. The van der Waals surface area contributed by atoms with Crippen LogP contribution in [0.4, 0.5) is 17.6 Å². The van der Waals surface area contributed by atoms with Crippen LogP contribution < -0.4 is 14.8 Å². The van der Waals surface area contributed by atoms with Gasteiger partial charge in [0.15, 0.2) is 0 Å². The van der Waals surface area contributed by atoms with E-state index in [0.29, 0.717) is 33.7 Å². The van der Waals surface area contributed by atoms with E-state index in [4.69, 9.17) is 9.47 Å². The van der Waals surface area contributed by atoms with Crippen LogP contribution in [0.5, 0.6) is 11.5 Å². The lowest BCUT2D eigenvalue weighted by Crippen LogP contribution is -2.45. The van der Waals surface area contributed by atoms with Crippen LogP contribution in [0.2, 0.25) is 0 Å². The van der Waals surface area contributed by atoms with Gasteiger partial charge in [0.25, 0.3) is 0 Å². The van der Waals surface area contributed by atoms with Gasteiger partial charge < -0.3 is 14.8 Å². The molecule has 0 fully saturated rings. The molecular weight excluding hydrogens is 478 g/mol. The number of fused-ring (bicyclic) bond motifs is 1. The van der Waals surface area contributed by atoms with E-state index in [2.05, 4.69) is 5.10 Å². The number of aryl methyl sites for hydroxylation is 1. The Balaban J connectivity index is 1.70. The standard InChI is InChI=1S/C26H23F4N3O3/c1-15-11-22-18(14-31-33(22)20-9-7-19(27)8-10-20)13-23(15)36-24(16(2)32-25(34)26(28,29)30)17-5-4-6-21(12-17)35-3/h4-14,16,24H,1-3H3,(H,32,34)/t16-,24-/m0/s1. The lowest BCUT2D eigenvalue weighted by atomic mass is 10.0. The third kappa shape index (κ3) is 5.27. The van der Waals surface area contributed by atoms with E-state index in [-0.39, 0.29) is 5.82 Å². The molecule has 0 radical (unpaired) electrons. The maximum Gasteiger partial charge on any atom is 0.471 e. The summed E-state index contributed by atoms with van der Waals surface area (Å²) < 4.78 is 65.2. The van der Waals surface area contributed by atoms with Crippen molar-refractivity contribution >= 4 is 16.8 Å². The predicted molar refractivity (Wildman–Crippen MR) is 126 cm³/mol. The average Bonchev–Trinajstić information content (AvgIpc) is 3.24. The largest absolute Gasteiger partial charge is 0.497 e. The third-order valence-corrected chi connectivity index (χ3v) is 5.68. The number of hydrogen-bond acceptors (Lipinski definition) is 4. The Hall–Kier alpha value is -4.08. The number of methoxy groups -OCH3 is 1. The smallest absolute Gasteiger partial charge is 0.471 e. The van der Waals surface area contributed by atoms with Gasteiger partial charge in [-0.05, 0) is 73.5 Å². The first kappa shape index (κ1) is 25.0. The van der Waals surface area contributed by atoms with Gasteiger partial charge in [-0.2, -0.15) is 18.3 Å². The number of aromatic nitrogens is 2. The van der Waals surface area contributed by atoms with Crippen molar-refractivity contribution < 1.29 is 31.8 Å². The second-order valence-electron chi connectivity index (χ2n) is 8.28. The van der Waals surface area contributed by atoms with Crippen molar-refractivity contribution in [3.63, 3.8) is 0 Å². The third-order valence-electron chi connectivity index (χ3n) is 5.68. The zero-order valence-corrected chi connectivity index (χ0v) is 19.6. The number of rotatable bonds is 7. The fourth-order valence-corrected chi connectivity index (χ4v) is 3.85. The average molecular weight is 501 g/mol. The first-order valence-electron chi connectivity index (χ1n) is 11.0. The highest BCUT2D eigenvalue weighted by atomic mass is 19.4. The monoisotopic (exact) mass is 501 g/mol. The summed E-state index contributed by atoms with van der Waals surface area (Å²) >= 11 is 0. The van der Waals surface area contributed by atoms with Gasteiger partial charge in [-0.15, -0.1) is 0 Å². The van der Waals surface area contributed by atoms with Gasteiger partial charge in [-0.3, -0.25) is 4.79 Å². The molecule has 1 heterocycles. The van der Waals surface area contributed by atoms with Gasteiger partial charge in [-0.25, -0.2) is 9.07 Å². The number of nitrogens with zero attached hydrogens (tertiary/aromatic N) is 2. The second-order valence-corrected chi connectivity index (χ2v) is 8.28. The topological polar surface area (TPSA) is 65.4 Å². The summed E-state index contributed by atoms with van der Waals surface area (Å²) in [6, 6.07) is 15.1. The highest BCUT2D eigenvalue weighted by Crippen LogP contribution is 2.33. The minimum absolute atomic E-state index is 0.364. The Morgan fingerprint density at radius 2 is 1.81 bits per heavy atom. The summed E-state index contributed by atoms with van der Waals surface area (Å²) in [4.78, 5) is 11.6.